The van der Waals surface area contributed by atoms with Gasteiger partial charge in [0.05, 0.1) is 4.47 Å². The zero-order valence-corrected chi connectivity index (χ0v) is 19.2. The Kier molecular flexibility index (Phi) is 7.36. The molecule has 0 saturated carbocycles. The van der Waals surface area contributed by atoms with Crippen molar-refractivity contribution in [3.05, 3.63) is 63.6 Å². The van der Waals surface area contributed by atoms with E-state index >= 15 is 0 Å². The Morgan fingerprint density at radius 3 is 2.34 bits per heavy atom. The zero-order valence-electron chi connectivity index (χ0n) is 17.6. The van der Waals surface area contributed by atoms with E-state index < -0.39 is 0 Å². The number of carbonyl (C=O) groups excluding carboxylic acids is 1. The van der Waals surface area contributed by atoms with Gasteiger partial charge in [0.15, 0.2) is 6.61 Å². The SMILES string of the molecule is CC(C)(C)c1ccc(OCC(=O)NCc2ccc(CN3CCCC3)cc2)c(Br)c1. The zero-order chi connectivity index (χ0) is 20.9. The molecule has 0 spiro atoms. The lowest BCUT2D eigenvalue weighted by molar-refractivity contribution is -0.123. The lowest BCUT2D eigenvalue weighted by Crippen LogP contribution is -2.28. The van der Waals surface area contributed by atoms with Gasteiger partial charge in [-0.1, -0.05) is 51.1 Å². The van der Waals surface area contributed by atoms with Crippen LogP contribution in [0.5, 0.6) is 5.75 Å². The summed E-state index contributed by atoms with van der Waals surface area (Å²) in [7, 11) is 0. The molecular weight excluding hydrogens is 428 g/mol. The van der Waals surface area contributed by atoms with Crippen molar-refractivity contribution in [2.45, 2.75) is 52.1 Å². The highest BCUT2D eigenvalue weighted by Crippen LogP contribution is 2.31. The van der Waals surface area contributed by atoms with Crippen molar-refractivity contribution in [2.24, 2.45) is 0 Å². The van der Waals surface area contributed by atoms with E-state index in [1.807, 2.05) is 12.1 Å². The van der Waals surface area contributed by atoms with Gasteiger partial charge in [-0.25, -0.2) is 0 Å². The van der Waals surface area contributed by atoms with Crippen LogP contribution in [0.2, 0.25) is 0 Å². The summed E-state index contributed by atoms with van der Waals surface area (Å²) in [5, 5.41) is 2.93. The van der Waals surface area contributed by atoms with Crippen molar-refractivity contribution in [1.82, 2.24) is 10.2 Å². The number of likely N-dealkylation sites (tertiary alicyclic amines) is 1. The predicted octanol–water partition coefficient (Wildman–Crippen LogP) is 5.04. The fourth-order valence-electron chi connectivity index (χ4n) is 3.44. The molecule has 1 fully saturated rings. The Labute approximate surface area is 182 Å². The summed E-state index contributed by atoms with van der Waals surface area (Å²) in [6.07, 6.45) is 2.62. The lowest BCUT2D eigenvalue weighted by atomic mass is 9.87. The number of ether oxygens (including phenoxy) is 1. The molecule has 5 heteroatoms. The van der Waals surface area contributed by atoms with Gasteiger partial charge in [0.2, 0.25) is 0 Å². The smallest absolute Gasteiger partial charge is 0.258 e. The summed E-state index contributed by atoms with van der Waals surface area (Å²) in [5.41, 5.74) is 3.71. The van der Waals surface area contributed by atoms with Crippen LogP contribution in [0.1, 0.15) is 50.3 Å². The number of halogens is 1. The number of hydrogen-bond donors (Lipinski definition) is 1. The molecule has 0 bridgehead atoms. The molecule has 0 radical (unpaired) electrons. The van der Waals surface area contributed by atoms with Crippen LogP contribution >= 0.6 is 15.9 Å². The van der Waals surface area contributed by atoms with Crippen molar-refractivity contribution in [3.8, 4) is 5.75 Å². The van der Waals surface area contributed by atoms with E-state index in [9.17, 15) is 4.79 Å². The summed E-state index contributed by atoms with van der Waals surface area (Å²) < 4.78 is 6.55. The van der Waals surface area contributed by atoms with E-state index in [-0.39, 0.29) is 17.9 Å². The summed E-state index contributed by atoms with van der Waals surface area (Å²) in [6, 6.07) is 14.5. The van der Waals surface area contributed by atoms with E-state index in [1.165, 1.54) is 37.1 Å². The summed E-state index contributed by atoms with van der Waals surface area (Å²) in [4.78, 5) is 14.7. The maximum atomic E-state index is 12.2. The van der Waals surface area contributed by atoms with Crippen LogP contribution in [0.15, 0.2) is 46.9 Å². The molecular formula is C24H31BrN2O2. The first-order valence-electron chi connectivity index (χ1n) is 10.3. The fraction of sp³-hybridized carbons (Fsp3) is 0.458. The van der Waals surface area contributed by atoms with Crippen LogP contribution < -0.4 is 10.1 Å². The van der Waals surface area contributed by atoms with Gasteiger partial charge < -0.3 is 10.1 Å². The topological polar surface area (TPSA) is 41.6 Å². The van der Waals surface area contributed by atoms with Crippen LogP contribution in [0, 0.1) is 0 Å². The van der Waals surface area contributed by atoms with Crippen LogP contribution in [0.3, 0.4) is 0 Å². The minimum absolute atomic E-state index is 0.000504. The van der Waals surface area contributed by atoms with Crippen LogP contribution in [-0.4, -0.2) is 30.5 Å². The molecule has 1 saturated heterocycles. The van der Waals surface area contributed by atoms with Crippen molar-refractivity contribution in [3.63, 3.8) is 0 Å². The normalized spacial score (nSPS) is 14.8. The quantitative estimate of drug-likeness (QED) is 0.631. The largest absolute Gasteiger partial charge is 0.483 e. The standard InChI is InChI=1S/C24H31BrN2O2/c1-24(2,3)20-10-11-22(21(25)14-20)29-17-23(28)26-15-18-6-8-19(9-7-18)16-27-12-4-5-13-27/h6-11,14H,4-5,12-13,15-17H2,1-3H3,(H,26,28). The first kappa shape index (κ1) is 21.8. The third kappa shape index (κ3) is 6.58. The van der Waals surface area contributed by atoms with Crippen molar-refractivity contribution >= 4 is 21.8 Å². The third-order valence-corrected chi connectivity index (χ3v) is 5.89. The maximum absolute atomic E-state index is 12.2. The van der Waals surface area contributed by atoms with E-state index in [1.54, 1.807) is 0 Å². The van der Waals surface area contributed by atoms with Gasteiger partial charge >= 0.3 is 0 Å². The van der Waals surface area contributed by atoms with Crippen molar-refractivity contribution < 1.29 is 9.53 Å². The minimum atomic E-state index is -0.127. The van der Waals surface area contributed by atoms with Gasteiger partial charge in [-0.05, 0) is 76.1 Å². The Morgan fingerprint density at radius 2 is 1.72 bits per heavy atom. The van der Waals surface area contributed by atoms with Gasteiger partial charge in [0.25, 0.3) is 5.91 Å². The molecule has 0 aliphatic carbocycles. The Morgan fingerprint density at radius 1 is 1.07 bits per heavy atom. The Bertz CT molecular complexity index is 822. The number of carbonyl (C=O) groups is 1. The molecule has 29 heavy (non-hydrogen) atoms. The predicted molar refractivity (Wildman–Crippen MR) is 121 cm³/mol. The number of rotatable bonds is 7. The highest BCUT2D eigenvalue weighted by molar-refractivity contribution is 9.10. The number of nitrogens with zero attached hydrogens (tertiary/aromatic N) is 1. The van der Waals surface area contributed by atoms with Crippen LogP contribution in [0.25, 0.3) is 0 Å². The lowest BCUT2D eigenvalue weighted by Gasteiger charge is -2.20. The monoisotopic (exact) mass is 458 g/mol. The third-order valence-electron chi connectivity index (χ3n) is 5.27. The summed E-state index contributed by atoms with van der Waals surface area (Å²) in [6.45, 7) is 10.4. The molecule has 156 valence electrons. The van der Waals surface area contributed by atoms with E-state index in [0.29, 0.717) is 12.3 Å². The molecule has 4 nitrogen and oxygen atoms in total. The molecule has 1 amide bonds. The minimum Gasteiger partial charge on any atom is -0.483 e. The molecule has 1 N–H and O–H groups in total. The van der Waals surface area contributed by atoms with E-state index in [2.05, 4.69) is 77.2 Å². The highest BCUT2D eigenvalue weighted by atomic mass is 79.9. The van der Waals surface area contributed by atoms with Gasteiger partial charge in [-0.15, -0.1) is 0 Å². The second-order valence-electron chi connectivity index (χ2n) is 8.76. The van der Waals surface area contributed by atoms with Crippen molar-refractivity contribution in [1.29, 1.82) is 0 Å². The molecule has 2 aromatic carbocycles. The molecule has 1 heterocycles. The fourth-order valence-corrected chi connectivity index (χ4v) is 3.93. The number of benzene rings is 2. The van der Waals surface area contributed by atoms with Crippen LogP contribution in [0.4, 0.5) is 0 Å². The second-order valence-corrected chi connectivity index (χ2v) is 9.61. The average Bonchev–Trinajstić information content (AvgIpc) is 3.18. The molecule has 0 aromatic heterocycles. The Hall–Kier alpha value is -1.85. The first-order valence-corrected chi connectivity index (χ1v) is 11.1. The molecule has 1 aliphatic rings. The van der Waals surface area contributed by atoms with Gasteiger partial charge in [-0.3, -0.25) is 9.69 Å². The van der Waals surface area contributed by atoms with E-state index in [0.717, 1.165) is 16.6 Å². The van der Waals surface area contributed by atoms with Gasteiger partial charge in [-0.2, -0.15) is 0 Å². The average molecular weight is 459 g/mol. The molecule has 0 unspecified atom stereocenters. The number of amides is 1. The Balaban J connectivity index is 1.44. The molecule has 3 rings (SSSR count). The van der Waals surface area contributed by atoms with Crippen LogP contribution in [-0.2, 0) is 23.3 Å². The number of nitrogens with one attached hydrogen (secondary N) is 1. The molecule has 2 aromatic rings. The maximum Gasteiger partial charge on any atom is 0.258 e. The van der Waals surface area contributed by atoms with Gasteiger partial charge in [0, 0.05) is 13.1 Å². The van der Waals surface area contributed by atoms with Crippen molar-refractivity contribution in [2.75, 3.05) is 19.7 Å². The second kappa shape index (κ2) is 9.77. The molecule has 1 aliphatic heterocycles. The summed E-state index contributed by atoms with van der Waals surface area (Å²) >= 11 is 3.54. The van der Waals surface area contributed by atoms with E-state index in [4.69, 9.17) is 4.74 Å². The first-order chi connectivity index (χ1) is 13.8. The van der Waals surface area contributed by atoms with Gasteiger partial charge in [0.1, 0.15) is 5.75 Å². The highest BCUT2D eigenvalue weighted by Gasteiger charge is 2.16. The number of hydrogen-bond acceptors (Lipinski definition) is 3. The molecule has 0 atom stereocenters. The summed E-state index contributed by atoms with van der Waals surface area (Å²) in [5.74, 6) is 0.553.